The highest BCUT2D eigenvalue weighted by molar-refractivity contribution is 7.98. The fraction of sp³-hybridized carbons (Fsp3) is 0.656. The first-order valence-corrected chi connectivity index (χ1v) is 35.6. The number of carboxylic acids is 1. The van der Waals surface area contributed by atoms with Crippen molar-refractivity contribution in [1.29, 1.82) is 0 Å². The number of hydrogen-bond acceptors (Lipinski definition) is 24. The van der Waals surface area contributed by atoms with Crippen LogP contribution < -0.4 is 58.7 Å². The number of fused-ring (bicyclic) bond motifs is 5. The second kappa shape index (κ2) is 42.4. The third-order valence-electron chi connectivity index (χ3n) is 17.1. The molecule has 0 spiro atoms. The molecule has 5 rings (SSSR count). The van der Waals surface area contributed by atoms with E-state index in [0.29, 0.717) is 79.7 Å². The number of aromatic amines is 1. The Hall–Kier alpha value is -7.84. The van der Waals surface area contributed by atoms with Gasteiger partial charge in [-0.25, -0.2) is 0 Å². The van der Waals surface area contributed by atoms with E-state index in [1.807, 2.05) is 0 Å². The van der Waals surface area contributed by atoms with Crippen LogP contribution in [0.4, 0.5) is 0 Å². The number of benzene rings is 1. The van der Waals surface area contributed by atoms with Gasteiger partial charge in [0.2, 0.25) is 53.2 Å². The van der Waals surface area contributed by atoms with Crippen molar-refractivity contribution in [3.05, 3.63) is 35.2 Å². The van der Waals surface area contributed by atoms with Gasteiger partial charge < -0.3 is 108 Å². The standard InChI is InChI=1S/C64H98N12O22S2/c1-6-35(2)43-24-40(78)29-70-59(88)38-22-44-42-7-8-51(94-5)45(33-99-20-11-68-53(83)9-12-95-14-16-97-18-19-98-17-15-96-13-10-67-27-39(65)28-69-58(87)36(3)21-55(85)86)57(42)75-63(44)100(93)34-47(72-54(84)30-71-60(43)89)61(90)73-46(26-52(66)82)64(92)76-31-41(79)25-48(76)62(91)74-56(49(80)23-38)37(4)50(81)32-77/h7-8,27,35-38,41,43,46-48,50,56,67,75,77,79,81H,6,9-26,28-34,65H2,1-5H3,(H2,66,82)(H,68,83)(H,69,87)(H,70,88)(H,71,89)(H,72,84)(H,73,90)(H,74,91)(H,85,86)/b39-27-/t35-,36?,37-,38+,41+,43-,46-,47-,48-,50-,56-,100?/m0/s1. The normalized spacial score (nSPS) is 23.0. The second-order valence-electron chi connectivity index (χ2n) is 24.7. The zero-order valence-electron chi connectivity index (χ0n) is 57.0. The predicted octanol–water partition coefficient (Wildman–Crippen LogP) is -4.01. The van der Waals surface area contributed by atoms with Gasteiger partial charge >= 0.3 is 5.97 Å². The fourth-order valence-electron chi connectivity index (χ4n) is 11.3. The smallest absolute Gasteiger partial charge is 0.304 e. The van der Waals surface area contributed by atoms with Gasteiger partial charge in [-0.15, -0.1) is 0 Å². The number of aromatic nitrogens is 1. The lowest BCUT2D eigenvalue weighted by molar-refractivity contribution is -0.144. The molecule has 2 unspecified atom stereocenters. The number of primary amides is 1. The molecule has 3 aliphatic heterocycles. The van der Waals surface area contributed by atoms with E-state index >= 15 is 9.00 Å². The van der Waals surface area contributed by atoms with E-state index in [1.165, 1.54) is 38.9 Å². The second-order valence-corrected chi connectivity index (χ2v) is 27.2. The average molecular weight is 1450 g/mol. The average Bonchev–Trinajstić information content (AvgIpc) is 1.60. The Bertz CT molecular complexity index is 3230. The lowest BCUT2D eigenvalue weighted by atomic mass is 9.85. The molecule has 34 nitrogen and oxygen atoms in total. The molecular weight excluding hydrogens is 1350 g/mol. The lowest BCUT2D eigenvalue weighted by Crippen LogP contribution is -2.60. The van der Waals surface area contributed by atoms with E-state index in [1.54, 1.807) is 26.0 Å². The number of ether oxygens (including phenoxy) is 5. The number of aliphatic hydroxyl groups is 3. The molecule has 100 heavy (non-hydrogen) atoms. The first kappa shape index (κ1) is 82.8. The highest BCUT2D eigenvalue weighted by atomic mass is 32.2. The minimum absolute atomic E-state index is 0.0521. The molecule has 4 heterocycles. The molecule has 1 aromatic carbocycles. The fourth-order valence-corrected chi connectivity index (χ4v) is 13.5. The van der Waals surface area contributed by atoms with Crippen LogP contribution in [-0.2, 0) is 99.5 Å². The monoisotopic (exact) mass is 1450 g/mol. The number of aliphatic hydroxyl groups excluding tert-OH is 3. The largest absolute Gasteiger partial charge is 0.496 e. The summed E-state index contributed by atoms with van der Waals surface area (Å²) in [5, 5.41) is 62.1. The number of hydrogen-bond donors (Lipinski definition) is 15. The van der Waals surface area contributed by atoms with Gasteiger partial charge in [0.15, 0.2) is 11.6 Å². The van der Waals surface area contributed by atoms with Gasteiger partial charge in [0.1, 0.15) is 28.9 Å². The maximum absolute atomic E-state index is 15.4. The topological polar surface area (TPSA) is 516 Å². The van der Waals surface area contributed by atoms with Crippen LogP contribution in [0.2, 0.25) is 0 Å². The highest BCUT2D eigenvalue weighted by Gasteiger charge is 2.45. The summed E-state index contributed by atoms with van der Waals surface area (Å²) < 4.78 is 43.3. The minimum Gasteiger partial charge on any atom is -0.496 e. The third-order valence-corrected chi connectivity index (χ3v) is 19.5. The Kier molecular flexibility index (Phi) is 35.1. The molecule has 1 saturated heterocycles. The summed E-state index contributed by atoms with van der Waals surface area (Å²) >= 11 is 1.37. The Morgan fingerprint density at radius 3 is 2.15 bits per heavy atom. The Labute approximate surface area is 585 Å². The quantitative estimate of drug-likeness (QED) is 0.0297. The maximum atomic E-state index is 15.4. The van der Waals surface area contributed by atoms with E-state index in [2.05, 4.69) is 47.5 Å². The summed E-state index contributed by atoms with van der Waals surface area (Å²) in [6.07, 6.45) is -4.20. The molecular formula is C64H98N12O22S2. The predicted molar refractivity (Wildman–Crippen MR) is 361 cm³/mol. The number of H-pyrrole nitrogens is 1. The Morgan fingerprint density at radius 1 is 0.830 bits per heavy atom. The number of nitrogens with zero attached hydrogens (tertiary/aromatic N) is 1. The van der Waals surface area contributed by atoms with Crippen LogP contribution in [0.3, 0.4) is 0 Å². The van der Waals surface area contributed by atoms with Gasteiger partial charge in [-0.3, -0.25) is 61.7 Å². The number of Topliss-reactive ketones (excluding diaryl/α,β-unsaturated/α-hetero) is 2. The molecule has 17 N–H and O–H groups in total. The van der Waals surface area contributed by atoms with Crippen LogP contribution in [-0.4, -0.2) is 259 Å². The maximum Gasteiger partial charge on any atom is 0.304 e. The van der Waals surface area contributed by atoms with Crippen molar-refractivity contribution in [3.63, 3.8) is 0 Å². The van der Waals surface area contributed by atoms with Gasteiger partial charge in [0.25, 0.3) is 0 Å². The molecule has 1 fully saturated rings. The SMILES string of the molecule is CC[C@H](C)[C@@H]1CC(=O)CNC(=O)[C@H]2CC(=O)[C@H]([C@@H](C)[C@@H](O)CO)NC(=O)[C@@H]3C[C@@H](O)CN3C(=O)[C@H](CC(N)=O)NC(=O)[C@H](CS(=O)c3[nH]c4c(CSCCNC(=O)CCOCCOCCOCCOCCN/C=C(\N)CNC(=O)C(C)CC(=O)O)c(OC)ccc4c3C2)NC(=O)CNC1=O. The molecule has 0 saturated carbocycles. The van der Waals surface area contributed by atoms with Crippen LogP contribution in [0.25, 0.3) is 10.9 Å². The molecule has 36 heteroatoms. The highest BCUT2D eigenvalue weighted by Crippen LogP contribution is 2.37. The minimum atomic E-state index is -2.44. The van der Waals surface area contributed by atoms with Crippen LogP contribution >= 0.6 is 11.8 Å². The van der Waals surface area contributed by atoms with Crippen LogP contribution in [0, 0.1) is 29.6 Å². The molecule has 1 aromatic heterocycles. The Balaban J connectivity index is 1.31. The molecule has 2 bridgehead atoms. The lowest BCUT2D eigenvalue weighted by Gasteiger charge is -2.32. The van der Waals surface area contributed by atoms with Crippen molar-refractivity contribution in [1.82, 2.24) is 52.4 Å². The van der Waals surface area contributed by atoms with Crippen LogP contribution in [0.1, 0.15) is 83.8 Å². The molecule has 9 amide bonds. The number of nitrogens with one attached hydrogen (secondary N) is 9. The van der Waals surface area contributed by atoms with E-state index in [9.17, 15) is 68.1 Å². The number of carbonyl (C=O) groups excluding carboxylic acids is 11. The molecule has 0 aliphatic carbocycles. The Morgan fingerprint density at radius 2 is 1.50 bits per heavy atom. The third kappa shape index (κ3) is 26.3. The summed E-state index contributed by atoms with van der Waals surface area (Å²) in [4.78, 5) is 167. The summed E-state index contributed by atoms with van der Waals surface area (Å²) in [7, 11) is -1.02. The molecule has 558 valence electrons. The van der Waals surface area contributed by atoms with Crippen molar-refractivity contribution >= 4 is 104 Å². The first-order chi connectivity index (χ1) is 47.7. The van der Waals surface area contributed by atoms with E-state index in [4.69, 9.17) is 40.3 Å². The number of nitrogens with two attached hydrogens (primary N) is 2. The number of rotatable bonds is 34. The molecule has 2 aromatic rings. The van der Waals surface area contributed by atoms with Crippen molar-refractivity contribution in [2.75, 3.05) is 117 Å². The van der Waals surface area contributed by atoms with Crippen molar-refractivity contribution in [3.8, 4) is 5.75 Å². The van der Waals surface area contributed by atoms with Gasteiger partial charge in [-0.2, -0.15) is 11.8 Å². The summed E-state index contributed by atoms with van der Waals surface area (Å²) in [6.45, 7) is 6.47. The van der Waals surface area contributed by atoms with Gasteiger partial charge in [-0.1, -0.05) is 34.1 Å². The summed E-state index contributed by atoms with van der Waals surface area (Å²) in [5.74, 6) is -15.1. The van der Waals surface area contributed by atoms with E-state index < -0.39 is 206 Å². The molecule has 12 atom stereocenters. The van der Waals surface area contributed by atoms with Crippen molar-refractivity contribution in [2.24, 2.45) is 41.1 Å². The first-order valence-electron chi connectivity index (χ1n) is 33.1. The van der Waals surface area contributed by atoms with Crippen molar-refractivity contribution < 1.29 is 106 Å². The summed E-state index contributed by atoms with van der Waals surface area (Å²) in [6, 6.07) is -3.79. The van der Waals surface area contributed by atoms with Gasteiger partial charge in [0.05, 0.1) is 139 Å². The molecule has 3 aliphatic rings. The van der Waals surface area contributed by atoms with E-state index in [-0.39, 0.29) is 68.0 Å². The van der Waals surface area contributed by atoms with Gasteiger partial charge in [0, 0.05) is 103 Å². The number of amides is 9. The zero-order valence-corrected chi connectivity index (χ0v) is 58.7. The summed E-state index contributed by atoms with van der Waals surface area (Å²) in [5.41, 5.74) is 12.8. The number of aliphatic carboxylic acids is 1. The number of ketones is 2. The van der Waals surface area contributed by atoms with Crippen LogP contribution in [0.5, 0.6) is 5.75 Å². The van der Waals surface area contributed by atoms with E-state index in [0.717, 1.165) is 4.90 Å². The number of carbonyl (C=O) groups is 12. The van der Waals surface area contributed by atoms with Crippen molar-refractivity contribution in [2.45, 2.75) is 126 Å². The zero-order chi connectivity index (χ0) is 73.6. The molecule has 0 radical (unpaired) electrons. The van der Waals surface area contributed by atoms with Gasteiger partial charge in [-0.05, 0) is 30.0 Å². The number of thioether (sulfide) groups is 1. The number of methoxy groups -OCH3 is 1. The van der Waals surface area contributed by atoms with Crippen LogP contribution in [0.15, 0.2) is 29.1 Å². The number of carboxylic acid groups (broad SMARTS) is 1.